The second kappa shape index (κ2) is 17.4. The number of piperazine rings is 1. The van der Waals surface area contributed by atoms with Crippen LogP contribution in [0.5, 0.6) is 0 Å². The van der Waals surface area contributed by atoms with Crippen molar-refractivity contribution in [2.24, 2.45) is 11.8 Å². The van der Waals surface area contributed by atoms with Crippen LogP contribution < -0.4 is 20.9 Å². The number of ether oxygens (including phenoxy) is 1. The number of benzene rings is 3. The van der Waals surface area contributed by atoms with E-state index in [1.54, 1.807) is 24.3 Å². The van der Waals surface area contributed by atoms with Crippen molar-refractivity contribution < 1.29 is 29.0 Å². The lowest BCUT2D eigenvalue weighted by molar-refractivity contribution is -0.130. The lowest BCUT2D eigenvalue weighted by Crippen LogP contribution is -2.48. The smallest absolute Gasteiger partial charge is 0.407 e. The quantitative estimate of drug-likeness (QED) is 0.134. The number of aromatic amines is 1. The summed E-state index contributed by atoms with van der Waals surface area (Å²) in [6, 6.07) is 22.4. The van der Waals surface area contributed by atoms with Crippen molar-refractivity contribution in [3.63, 3.8) is 0 Å². The Labute approximate surface area is 320 Å². The fraction of sp³-hybridized carbons (Fsp3) is 0.425. The zero-order valence-corrected chi connectivity index (χ0v) is 31.5. The molecule has 55 heavy (non-hydrogen) atoms. The van der Waals surface area contributed by atoms with E-state index in [9.17, 15) is 24.3 Å². The number of carbonyl (C=O) groups excluding carboxylic acids is 3. The molecule has 4 aromatic rings. The van der Waals surface area contributed by atoms with E-state index in [0.717, 1.165) is 40.8 Å². The number of tetrazole rings is 1. The van der Waals surface area contributed by atoms with Gasteiger partial charge in [-0.1, -0.05) is 36.4 Å². The van der Waals surface area contributed by atoms with Crippen LogP contribution in [-0.4, -0.2) is 99.0 Å². The number of nitrogens with zero attached hydrogens (tertiary/aromatic N) is 5. The largest absolute Gasteiger partial charge is 0.465 e. The van der Waals surface area contributed by atoms with Gasteiger partial charge in [-0.2, -0.15) is 5.21 Å². The molecule has 0 radical (unpaired) electrons. The van der Waals surface area contributed by atoms with E-state index in [4.69, 9.17) is 4.74 Å². The standard InChI is InChI=1S/C40H49N9O6/c1-40(2,3)55-38(52)41-25-27-6-10-31(11-7-27)36(50)43-34(37(51)42-32-16-12-30(13-17-32)35-44-46-47-45-35)24-26-4-8-28(9-5-26)29-14-18-33(19-15-29)48-20-22-49(23-21-48)39(53)54/h4-5,8-9,12-19,27,31,34H,6-7,10-11,20-25H2,1-3H3,(H,41,52)(H,42,51)(H,43,50)(H,53,54)(H,44,45,46,47)/t27-,31-,34-/m0/s1. The average Bonchev–Trinajstić information content (AvgIpc) is 3.72. The summed E-state index contributed by atoms with van der Waals surface area (Å²) in [5.74, 6) is -0.0511. The van der Waals surface area contributed by atoms with E-state index in [0.29, 0.717) is 57.1 Å². The van der Waals surface area contributed by atoms with Gasteiger partial charge in [0.05, 0.1) is 0 Å². The SMILES string of the molecule is CC(C)(C)OC(=O)NC[C@H]1CC[C@H](C(=O)N[C@@H](Cc2ccc(-c3ccc(N4CCN(C(=O)O)CC4)cc3)cc2)C(=O)Nc2ccc(-c3nn[nH]n3)cc2)CC1. The van der Waals surface area contributed by atoms with Gasteiger partial charge in [-0.05, 0) is 111 Å². The monoisotopic (exact) mass is 751 g/mol. The first-order valence-corrected chi connectivity index (χ1v) is 18.7. The minimum atomic E-state index is -0.884. The van der Waals surface area contributed by atoms with Gasteiger partial charge < -0.3 is 35.6 Å². The molecule has 15 heteroatoms. The third-order valence-electron chi connectivity index (χ3n) is 10.1. The van der Waals surface area contributed by atoms with Crippen LogP contribution in [0.15, 0.2) is 72.8 Å². The number of nitrogens with one attached hydrogen (secondary N) is 4. The fourth-order valence-corrected chi connectivity index (χ4v) is 6.98. The van der Waals surface area contributed by atoms with Gasteiger partial charge in [0.15, 0.2) is 0 Å². The van der Waals surface area contributed by atoms with Crippen molar-refractivity contribution in [2.75, 3.05) is 42.9 Å². The van der Waals surface area contributed by atoms with Gasteiger partial charge in [-0.25, -0.2) is 9.59 Å². The maximum Gasteiger partial charge on any atom is 0.407 e. The highest BCUT2D eigenvalue weighted by atomic mass is 16.6. The number of carbonyl (C=O) groups is 4. The lowest BCUT2D eigenvalue weighted by Gasteiger charge is -2.34. The van der Waals surface area contributed by atoms with E-state index in [-0.39, 0.29) is 30.1 Å². The highest BCUT2D eigenvalue weighted by molar-refractivity contribution is 5.97. The molecule has 1 aromatic heterocycles. The Bertz CT molecular complexity index is 1900. The molecule has 1 saturated carbocycles. The van der Waals surface area contributed by atoms with E-state index < -0.39 is 23.8 Å². The summed E-state index contributed by atoms with van der Waals surface area (Å²) in [4.78, 5) is 54.5. The zero-order valence-electron chi connectivity index (χ0n) is 31.5. The molecule has 1 aliphatic heterocycles. The second-order valence-electron chi connectivity index (χ2n) is 15.2. The van der Waals surface area contributed by atoms with Crippen LogP contribution in [0.1, 0.15) is 52.0 Å². The summed E-state index contributed by atoms with van der Waals surface area (Å²) < 4.78 is 5.35. The highest BCUT2D eigenvalue weighted by Gasteiger charge is 2.30. The molecule has 2 fully saturated rings. The molecule has 15 nitrogen and oxygen atoms in total. The number of rotatable bonds is 11. The number of H-pyrrole nitrogens is 1. The molecule has 290 valence electrons. The number of anilines is 2. The van der Waals surface area contributed by atoms with Gasteiger partial charge in [-0.15, -0.1) is 10.2 Å². The van der Waals surface area contributed by atoms with Gasteiger partial charge in [0, 0.05) is 62.0 Å². The lowest BCUT2D eigenvalue weighted by atomic mass is 9.81. The molecule has 1 atom stereocenters. The molecule has 6 rings (SSSR count). The van der Waals surface area contributed by atoms with Crippen molar-refractivity contribution >= 4 is 35.4 Å². The Morgan fingerprint density at radius 1 is 0.855 bits per heavy atom. The van der Waals surface area contributed by atoms with E-state index in [2.05, 4.69) is 65.7 Å². The Kier molecular flexibility index (Phi) is 12.3. The number of alkyl carbamates (subject to hydrolysis) is 1. The predicted octanol–water partition coefficient (Wildman–Crippen LogP) is 5.33. The van der Waals surface area contributed by atoms with Crippen LogP contribution in [0, 0.1) is 11.8 Å². The van der Waals surface area contributed by atoms with Crippen molar-refractivity contribution in [3.8, 4) is 22.5 Å². The second-order valence-corrected chi connectivity index (χ2v) is 15.2. The molecular formula is C40H49N9O6. The van der Waals surface area contributed by atoms with Gasteiger partial charge in [0.25, 0.3) is 0 Å². The Morgan fingerprint density at radius 3 is 2.05 bits per heavy atom. The van der Waals surface area contributed by atoms with Crippen LogP contribution >= 0.6 is 0 Å². The van der Waals surface area contributed by atoms with Gasteiger partial charge in [0.1, 0.15) is 11.6 Å². The molecule has 5 N–H and O–H groups in total. The Hall–Kier alpha value is -5.99. The predicted molar refractivity (Wildman–Crippen MR) is 207 cm³/mol. The maximum atomic E-state index is 13.8. The topological polar surface area (TPSA) is 195 Å². The Balaban J connectivity index is 1.08. The molecule has 1 aliphatic carbocycles. The van der Waals surface area contributed by atoms with Crippen molar-refractivity contribution in [3.05, 3.63) is 78.4 Å². The van der Waals surface area contributed by atoms with E-state index >= 15 is 0 Å². The third-order valence-corrected chi connectivity index (χ3v) is 10.1. The number of hydrogen-bond acceptors (Lipinski definition) is 9. The van der Waals surface area contributed by atoms with E-state index in [1.165, 1.54) is 4.90 Å². The van der Waals surface area contributed by atoms with Crippen LogP contribution in [0.2, 0.25) is 0 Å². The molecule has 0 spiro atoms. The molecule has 3 aromatic carbocycles. The maximum absolute atomic E-state index is 13.8. The molecule has 2 heterocycles. The summed E-state index contributed by atoms with van der Waals surface area (Å²) in [5.41, 5.74) is 4.71. The number of carboxylic acid groups (broad SMARTS) is 1. The molecule has 0 bridgehead atoms. The summed E-state index contributed by atoms with van der Waals surface area (Å²) in [6.45, 7) is 8.20. The van der Waals surface area contributed by atoms with Crippen molar-refractivity contribution in [1.82, 2.24) is 36.2 Å². The highest BCUT2D eigenvalue weighted by Crippen LogP contribution is 2.29. The van der Waals surface area contributed by atoms with E-state index in [1.807, 2.05) is 45.0 Å². The van der Waals surface area contributed by atoms with Crippen molar-refractivity contribution in [1.29, 1.82) is 0 Å². The van der Waals surface area contributed by atoms with Crippen molar-refractivity contribution in [2.45, 2.75) is 64.5 Å². The number of amides is 4. The summed E-state index contributed by atoms with van der Waals surface area (Å²) >= 11 is 0. The van der Waals surface area contributed by atoms with Crippen LogP contribution in [-0.2, 0) is 20.7 Å². The number of aromatic nitrogens is 4. The van der Waals surface area contributed by atoms with Gasteiger partial charge in [-0.3, -0.25) is 9.59 Å². The molecular weight excluding hydrogens is 702 g/mol. The molecule has 4 amide bonds. The summed E-state index contributed by atoms with van der Waals surface area (Å²) in [6.07, 6.45) is 1.83. The first kappa shape index (κ1) is 38.7. The normalized spacial score (nSPS) is 17.9. The van der Waals surface area contributed by atoms with Crippen LogP contribution in [0.25, 0.3) is 22.5 Å². The van der Waals surface area contributed by atoms with Gasteiger partial charge >= 0.3 is 12.2 Å². The van der Waals surface area contributed by atoms with Crippen LogP contribution in [0.4, 0.5) is 21.0 Å². The fourth-order valence-electron chi connectivity index (χ4n) is 6.98. The molecule has 2 aliphatic rings. The number of hydrogen-bond donors (Lipinski definition) is 5. The first-order chi connectivity index (χ1) is 26.4. The summed E-state index contributed by atoms with van der Waals surface area (Å²) in [7, 11) is 0. The van der Waals surface area contributed by atoms with Gasteiger partial charge in [0.2, 0.25) is 17.6 Å². The molecule has 0 unspecified atom stereocenters. The van der Waals surface area contributed by atoms with Crippen LogP contribution in [0.3, 0.4) is 0 Å². The summed E-state index contributed by atoms with van der Waals surface area (Å²) in [5, 5.41) is 32.1. The zero-order chi connectivity index (χ0) is 39.0. The average molecular weight is 752 g/mol. The first-order valence-electron chi connectivity index (χ1n) is 18.7. The molecule has 1 saturated heterocycles. The minimum absolute atomic E-state index is 0.160. The Morgan fingerprint density at radius 2 is 1.47 bits per heavy atom. The third kappa shape index (κ3) is 10.8. The minimum Gasteiger partial charge on any atom is -0.465 e.